The van der Waals surface area contributed by atoms with E-state index in [2.05, 4.69) is 43.4 Å². The summed E-state index contributed by atoms with van der Waals surface area (Å²) >= 11 is 0. The average Bonchev–Trinajstić information content (AvgIpc) is 2.94. The summed E-state index contributed by atoms with van der Waals surface area (Å²) in [5.74, 6) is 0.283. The summed E-state index contributed by atoms with van der Waals surface area (Å²) < 4.78 is 5.59. The summed E-state index contributed by atoms with van der Waals surface area (Å²) in [6.07, 6.45) is 1.36. The number of halogens is 1. The number of aryl methyl sites for hydroxylation is 1. The summed E-state index contributed by atoms with van der Waals surface area (Å²) in [5, 5.41) is 2.98. The van der Waals surface area contributed by atoms with E-state index >= 15 is 0 Å². The van der Waals surface area contributed by atoms with Gasteiger partial charge in [-0.05, 0) is 31.2 Å². The van der Waals surface area contributed by atoms with Crippen LogP contribution in [0.3, 0.4) is 0 Å². The van der Waals surface area contributed by atoms with Gasteiger partial charge in [-0.1, -0.05) is 36.8 Å². The molecule has 21 heavy (non-hydrogen) atoms. The molecule has 0 saturated carbocycles. The van der Waals surface area contributed by atoms with Gasteiger partial charge in [-0.2, -0.15) is 0 Å². The Morgan fingerprint density at radius 3 is 2.62 bits per heavy atom. The van der Waals surface area contributed by atoms with Crippen molar-refractivity contribution in [1.82, 2.24) is 5.32 Å². The van der Waals surface area contributed by atoms with Gasteiger partial charge in [-0.25, -0.2) is 0 Å². The Balaban J connectivity index is 0.00000220. The van der Waals surface area contributed by atoms with Crippen molar-refractivity contribution in [3.63, 3.8) is 0 Å². The summed E-state index contributed by atoms with van der Waals surface area (Å²) in [5.41, 5.74) is 8.04. The van der Waals surface area contributed by atoms with Gasteiger partial charge in [0.05, 0.1) is 6.10 Å². The van der Waals surface area contributed by atoms with Crippen molar-refractivity contribution >= 4 is 18.3 Å². The average molecular weight is 313 g/mol. The molecule has 0 aromatic heterocycles. The lowest BCUT2D eigenvalue weighted by Crippen LogP contribution is -2.37. The smallest absolute Gasteiger partial charge is 0.249 e. The quantitative estimate of drug-likeness (QED) is 0.875. The van der Waals surface area contributed by atoms with Gasteiger partial charge >= 0.3 is 0 Å². The van der Waals surface area contributed by atoms with Crippen molar-refractivity contribution in [3.8, 4) is 0 Å². The van der Waals surface area contributed by atoms with Crippen molar-refractivity contribution in [3.05, 3.63) is 35.4 Å². The molecule has 1 aliphatic rings. The molecule has 0 radical (unpaired) electrons. The second-order valence-electron chi connectivity index (χ2n) is 5.62. The van der Waals surface area contributed by atoms with Gasteiger partial charge in [0.1, 0.15) is 6.10 Å². The van der Waals surface area contributed by atoms with Crippen LogP contribution in [0.5, 0.6) is 0 Å². The minimum atomic E-state index is -0.325. The van der Waals surface area contributed by atoms with Gasteiger partial charge < -0.3 is 15.8 Å². The van der Waals surface area contributed by atoms with E-state index in [-0.39, 0.29) is 30.5 Å². The van der Waals surface area contributed by atoms with Crippen LogP contribution in [0, 0.1) is 6.92 Å². The lowest BCUT2D eigenvalue weighted by atomic mass is 10.00. The molecule has 1 fully saturated rings. The number of nitrogens with one attached hydrogen (secondary N) is 1. The van der Waals surface area contributed by atoms with Crippen molar-refractivity contribution in [2.45, 2.75) is 44.8 Å². The van der Waals surface area contributed by atoms with E-state index in [0.717, 1.165) is 12.8 Å². The lowest BCUT2D eigenvalue weighted by molar-refractivity contribution is -0.131. The largest absolute Gasteiger partial charge is 0.364 e. The highest BCUT2D eigenvalue weighted by Crippen LogP contribution is 2.19. The second kappa shape index (κ2) is 8.37. The molecule has 3 atom stereocenters. The minimum Gasteiger partial charge on any atom is -0.364 e. The summed E-state index contributed by atoms with van der Waals surface area (Å²) in [6, 6.07) is 8.42. The number of hydrogen-bond acceptors (Lipinski definition) is 3. The fraction of sp³-hybridized carbons (Fsp3) is 0.562. The van der Waals surface area contributed by atoms with Crippen LogP contribution in [-0.4, -0.2) is 31.2 Å². The van der Waals surface area contributed by atoms with E-state index in [4.69, 9.17) is 10.5 Å². The molecule has 4 nitrogen and oxygen atoms in total. The van der Waals surface area contributed by atoms with Gasteiger partial charge in [0.25, 0.3) is 0 Å². The number of rotatable bonds is 5. The van der Waals surface area contributed by atoms with Crippen molar-refractivity contribution < 1.29 is 9.53 Å². The fourth-order valence-corrected chi connectivity index (χ4v) is 2.45. The summed E-state index contributed by atoms with van der Waals surface area (Å²) in [6.45, 7) is 5.31. The molecular formula is C16H25ClN2O2. The SMILES string of the molecule is Cc1ccc(C(C)CNC(=O)[C@@H]2CC[C@H](CN)O2)cc1.Cl. The van der Waals surface area contributed by atoms with Gasteiger partial charge in [0, 0.05) is 13.1 Å². The van der Waals surface area contributed by atoms with Crippen LogP contribution < -0.4 is 11.1 Å². The molecule has 1 aromatic carbocycles. The third-order valence-electron chi connectivity index (χ3n) is 3.89. The third kappa shape index (κ3) is 4.99. The van der Waals surface area contributed by atoms with E-state index in [1.54, 1.807) is 0 Å². The highest BCUT2D eigenvalue weighted by molar-refractivity contribution is 5.85. The molecule has 0 spiro atoms. The van der Waals surface area contributed by atoms with E-state index < -0.39 is 0 Å². The first-order chi connectivity index (χ1) is 9.60. The second-order valence-corrected chi connectivity index (χ2v) is 5.62. The van der Waals surface area contributed by atoms with E-state index in [1.807, 2.05) is 0 Å². The molecule has 1 amide bonds. The molecule has 2 rings (SSSR count). The van der Waals surface area contributed by atoms with Gasteiger partial charge in [-0.15, -0.1) is 12.4 Å². The van der Waals surface area contributed by atoms with Crippen molar-refractivity contribution in [2.75, 3.05) is 13.1 Å². The van der Waals surface area contributed by atoms with Gasteiger partial charge in [0.15, 0.2) is 0 Å². The molecule has 0 aliphatic carbocycles. The Morgan fingerprint density at radius 1 is 1.38 bits per heavy atom. The van der Waals surface area contributed by atoms with Crippen LogP contribution in [-0.2, 0) is 9.53 Å². The van der Waals surface area contributed by atoms with Gasteiger partial charge in [-0.3, -0.25) is 4.79 Å². The van der Waals surface area contributed by atoms with Crippen LogP contribution >= 0.6 is 12.4 Å². The molecule has 1 aliphatic heterocycles. The van der Waals surface area contributed by atoms with Gasteiger partial charge in [0.2, 0.25) is 5.91 Å². The number of amides is 1. The fourth-order valence-electron chi connectivity index (χ4n) is 2.45. The predicted octanol–water partition coefficient (Wildman–Crippen LogP) is 2.14. The molecule has 1 heterocycles. The summed E-state index contributed by atoms with van der Waals surface area (Å²) in [4.78, 5) is 12.0. The Bertz CT molecular complexity index is 450. The molecule has 1 aromatic rings. The Kier molecular flexibility index (Phi) is 7.15. The van der Waals surface area contributed by atoms with Crippen molar-refractivity contribution in [1.29, 1.82) is 0 Å². The van der Waals surface area contributed by atoms with Crippen LogP contribution in [0.15, 0.2) is 24.3 Å². The first-order valence-electron chi connectivity index (χ1n) is 7.30. The number of hydrogen-bond donors (Lipinski definition) is 2. The van der Waals surface area contributed by atoms with E-state index in [1.165, 1.54) is 11.1 Å². The van der Waals surface area contributed by atoms with Crippen LogP contribution in [0.4, 0.5) is 0 Å². The topological polar surface area (TPSA) is 64.4 Å². The number of nitrogens with two attached hydrogens (primary N) is 1. The highest BCUT2D eigenvalue weighted by atomic mass is 35.5. The van der Waals surface area contributed by atoms with Crippen molar-refractivity contribution in [2.24, 2.45) is 5.73 Å². The maximum Gasteiger partial charge on any atom is 0.249 e. The standard InChI is InChI=1S/C16H24N2O2.ClH/c1-11-3-5-13(6-4-11)12(2)10-18-16(19)15-8-7-14(9-17)20-15;/h3-6,12,14-15H,7-10,17H2,1-2H3,(H,18,19);1H/t12?,14-,15+;/m1./s1. The molecule has 5 heteroatoms. The number of carbonyl (C=O) groups is 1. The zero-order valence-corrected chi connectivity index (χ0v) is 13.5. The molecule has 118 valence electrons. The maximum absolute atomic E-state index is 12.0. The molecule has 1 unspecified atom stereocenters. The van der Waals surface area contributed by atoms with Crippen LogP contribution in [0.25, 0.3) is 0 Å². The number of ether oxygens (including phenoxy) is 1. The minimum absolute atomic E-state index is 0. The zero-order chi connectivity index (χ0) is 14.5. The lowest BCUT2D eigenvalue weighted by Gasteiger charge is -2.16. The molecule has 0 bridgehead atoms. The molecular weight excluding hydrogens is 288 g/mol. The van der Waals surface area contributed by atoms with Crippen LogP contribution in [0.1, 0.15) is 36.8 Å². The Labute approximate surface area is 132 Å². The Morgan fingerprint density at radius 2 is 2.05 bits per heavy atom. The molecule has 3 N–H and O–H groups in total. The normalized spacial score (nSPS) is 22.4. The maximum atomic E-state index is 12.0. The number of carbonyl (C=O) groups excluding carboxylic acids is 1. The zero-order valence-electron chi connectivity index (χ0n) is 12.7. The monoisotopic (exact) mass is 312 g/mol. The third-order valence-corrected chi connectivity index (χ3v) is 3.89. The summed E-state index contributed by atoms with van der Waals surface area (Å²) in [7, 11) is 0. The highest BCUT2D eigenvalue weighted by Gasteiger charge is 2.29. The van der Waals surface area contributed by atoms with E-state index in [0.29, 0.717) is 19.0 Å². The predicted molar refractivity (Wildman–Crippen MR) is 86.8 cm³/mol. The van der Waals surface area contributed by atoms with E-state index in [9.17, 15) is 4.79 Å². The molecule has 1 saturated heterocycles. The number of benzene rings is 1. The first kappa shape index (κ1) is 18.0. The first-order valence-corrected chi connectivity index (χ1v) is 7.30. The Hall–Kier alpha value is -1.10. The van der Waals surface area contributed by atoms with Crippen LogP contribution in [0.2, 0.25) is 0 Å².